The molecule has 1 amide bonds. The van der Waals surface area contributed by atoms with Gasteiger partial charge in [-0.2, -0.15) is 0 Å². The van der Waals surface area contributed by atoms with Gasteiger partial charge in [-0.05, 0) is 48.3 Å². The molecule has 0 aromatic heterocycles. The number of benzene rings is 1. The van der Waals surface area contributed by atoms with E-state index < -0.39 is 10.0 Å². The van der Waals surface area contributed by atoms with Crippen molar-refractivity contribution in [1.82, 2.24) is 4.90 Å². The maximum Gasteiger partial charge on any atom is 0.255 e. The fraction of sp³-hybridized carbons (Fsp3) is 0.462. The van der Waals surface area contributed by atoms with E-state index in [1.807, 2.05) is 20.8 Å². The van der Waals surface area contributed by atoms with E-state index in [1.54, 1.807) is 7.05 Å². The summed E-state index contributed by atoms with van der Waals surface area (Å²) in [6.07, 6.45) is 0.739. The molecule has 0 saturated carbocycles. The van der Waals surface area contributed by atoms with Crippen LogP contribution in [0.25, 0.3) is 0 Å². The molecule has 0 aliphatic rings. The number of hydrogen-bond donors (Lipinski definition) is 1. The van der Waals surface area contributed by atoms with Crippen LogP contribution in [0.3, 0.4) is 0 Å². The van der Waals surface area contributed by atoms with Gasteiger partial charge in [0.05, 0.1) is 15.5 Å². The van der Waals surface area contributed by atoms with E-state index in [0.717, 1.165) is 6.42 Å². The first-order valence-electron chi connectivity index (χ1n) is 6.22. The molecule has 0 saturated heterocycles. The van der Waals surface area contributed by atoms with Crippen LogP contribution in [-0.4, -0.2) is 31.8 Å². The van der Waals surface area contributed by atoms with Crippen LogP contribution >= 0.6 is 27.5 Å². The minimum absolute atomic E-state index is 0.0964. The zero-order chi connectivity index (χ0) is 16.6. The molecule has 5 nitrogen and oxygen atoms in total. The SMILES string of the molecule is CCC(C)(C)N(C)C(=O)c1cc(S(N)(=O)=O)cc(Br)c1Cl. The van der Waals surface area contributed by atoms with E-state index in [0.29, 0.717) is 4.47 Å². The van der Waals surface area contributed by atoms with Crippen molar-refractivity contribution >= 4 is 43.5 Å². The molecule has 0 heterocycles. The normalized spacial score (nSPS) is 12.3. The Kier molecular flexibility index (Phi) is 5.47. The van der Waals surface area contributed by atoms with E-state index in [1.165, 1.54) is 17.0 Å². The van der Waals surface area contributed by atoms with Crippen LogP contribution in [0, 0.1) is 0 Å². The Bertz CT molecular complexity index is 674. The summed E-state index contributed by atoms with van der Waals surface area (Å²) in [5.41, 5.74) is -0.288. The molecule has 0 unspecified atom stereocenters. The number of nitrogens with zero attached hydrogens (tertiary/aromatic N) is 1. The maximum atomic E-state index is 12.6. The van der Waals surface area contributed by atoms with Gasteiger partial charge in [0, 0.05) is 17.1 Å². The smallest absolute Gasteiger partial charge is 0.255 e. The van der Waals surface area contributed by atoms with Crippen molar-refractivity contribution in [2.75, 3.05) is 7.05 Å². The lowest BCUT2D eigenvalue weighted by molar-refractivity contribution is 0.0620. The molecular weight excluding hydrogens is 380 g/mol. The standard InChI is InChI=1S/C13H18BrClN2O3S/c1-5-13(2,3)17(4)12(18)9-6-8(21(16,19)20)7-10(14)11(9)15/h6-7H,5H2,1-4H3,(H2,16,19,20). The van der Waals surface area contributed by atoms with Crippen LogP contribution in [0.2, 0.25) is 5.02 Å². The Hall–Kier alpha value is -0.630. The van der Waals surface area contributed by atoms with E-state index in [-0.39, 0.29) is 26.9 Å². The first-order valence-corrected chi connectivity index (χ1v) is 8.93. The number of hydrogen-bond acceptors (Lipinski definition) is 3. The molecule has 0 bridgehead atoms. The molecule has 2 N–H and O–H groups in total. The maximum absolute atomic E-state index is 12.6. The van der Waals surface area contributed by atoms with Crippen molar-refractivity contribution in [2.24, 2.45) is 5.14 Å². The third kappa shape index (κ3) is 3.97. The minimum Gasteiger partial charge on any atom is -0.337 e. The number of sulfonamides is 1. The van der Waals surface area contributed by atoms with Gasteiger partial charge in [-0.1, -0.05) is 18.5 Å². The topological polar surface area (TPSA) is 80.5 Å². The minimum atomic E-state index is -3.92. The summed E-state index contributed by atoms with van der Waals surface area (Å²) in [7, 11) is -2.27. The second-order valence-corrected chi connectivity index (χ2v) is 8.14. The molecule has 0 fully saturated rings. The number of halogens is 2. The summed E-state index contributed by atoms with van der Waals surface area (Å²) in [6, 6.07) is 2.48. The number of carbonyl (C=O) groups excluding carboxylic acids is 1. The largest absolute Gasteiger partial charge is 0.337 e. The number of nitrogens with two attached hydrogens (primary N) is 1. The molecule has 1 aromatic carbocycles. The average molecular weight is 398 g/mol. The monoisotopic (exact) mass is 396 g/mol. The lowest BCUT2D eigenvalue weighted by Gasteiger charge is -2.35. The van der Waals surface area contributed by atoms with Crippen LogP contribution in [0.5, 0.6) is 0 Å². The fourth-order valence-electron chi connectivity index (χ4n) is 1.58. The predicted octanol–water partition coefficient (Wildman–Crippen LogP) is 3.01. The first-order chi connectivity index (χ1) is 9.41. The summed E-state index contributed by atoms with van der Waals surface area (Å²) in [5.74, 6) is -0.363. The summed E-state index contributed by atoms with van der Waals surface area (Å²) < 4.78 is 23.3. The van der Waals surface area contributed by atoms with Crippen molar-refractivity contribution in [2.45, 2.75) is 37.6 Å². The Balaban J connectivity index is 3.43. The van der Waals surface area contributed by atoms with Crippen molar-refractivity contribution in [3.05, 3.63) is 27.2 Å². The summed E-state index contributed by atoms with van der Waals surface area (Å²) in [5, 5.41) is 5.27. The van der Waals surface area contributed by atoms with Gasteiger partial charge in [-0.15, -0.1) is 0 Å². The van der Waals surface area contributed by atoms with Crippen LogP contribution in [0.4, 0.5) is 0 Å². The molecule has 21 heavy (non-hydrogen) atoms. The summed E-state index contributed by atoms with van der Waals surface area (Å²) in [6.45, 7) is 5.79. The van der Waals surface area contributed by atoms with E-state index in [4.69, 9.17) is 16.7 Å². The average Bonchev–Trinajstić information content (AvgIpc) is 2.38. The first kappa shape index (κ1) is 18.4. The molecule has 0 radical (unpaired) electrons. The predicted molar refractivity (Wildman–Crippen MR) is 87.0 cm³/mol. The summed E-state index contributed by atoms with van der Waals surface area (Å²) >= 11 is 9.27. The van der Waals surface area contributed by atoms with Crippen molar-refractivity contribution < 1.29 is 13.2 Å². The molecule has 1 aromatic rings. The van der Waals surface area contributed by atoms with Gasteiger partial charge in [0.2, 0.25) is 10.0 Å². The molecule has 1 rings (SSSR count). The second kappa shape index (κ2) is 6.24. The number of primary sulfonamides is 1. The molecule has 0 spiro atoms. The zero-order valence-corrected chi connectivity index (χ0v) is 15.4. The summed E-state index contributed by atoms with van der Waals surface area (Å²) in [4.78, 5) is 14.0. The van der Waals surface area contributed by atoms with Gasteiger partial charge < -0.3 is 4.90 Å². The lowest BCUT2D eigenvalue weighted by atomic mass is 9.99. The van der Waals surface area contributed by atoms with Crippen LogP contribution in [-0.2, 0) is 10.0 Å². The van der Waals surface area contributed by atoms with Gasteiger partial charge in [-0.3, -0.25) is 4.79 Å². The number of amides is 1. The lowest BCUT2D eigenvalue weighted by Crippen LogP contribution is -2.44. The highest BCUT2D eigenvalue weighted by molar-refractivity contribution is 9.10. The van der Waals surface area contributed by atoms with Crippen LogP contribution < -0.4 is 5.14 Å². The second-order valence-electron chi connectivity index (χ2n) is 5.34. The van der Waals surface area contributed by atoms with E-state index >= 15 is 0 Å². The molecule has 0 aliphatic carbocycles. The molecule has 0 aliphatic heterocycles. The Morgan fingerprint density at radius 3 is 2.38 bits per heavy atom. The van der Waals surface area contributed by atoms with E-state index in [2.05, 4.69) is 15.9 Å². The van der Waals surface area contributed by atoms with Crippen molar-refractivity contribution in [3.63, 3.8) is 0 Å². The zero-order valence-electron chi connectivity index (χ0n) is 12.3. The number of rotatable bonds is 4. The Morgan fingerprint density at radius 2 is 1.95 bits per heavy atom. The van der Waals surface area contributed by atoms with E-state index in [9.17, 15) is 13.2 Å². The highest BCUT2D eigenvalue weighted by atomic mass is 79.9. The molecular formula is C13H18BrClN2O3S. The third-order valence-corrected chi connectivity index (χ3v) is 5.79. The Morgan fingerprint density at radius 1 is 1.43 bits per heavy atom. The molecule has 0 atom stereocenters. The highest BCUT2D eigenvalue weighted by Gasteiger charge is 2.29. The van der Waals surface area contributed by atoms with Gasteiger partial charge in [0.25, 0.3) is 5.91 Å². The molecule has 8 heteroatoms. The van der Waals surface area contributed by atoms with Crippen LogP contribution in [0.15, 0.2) is 21.5 Å². The molecule has 118 valence electrons. The van der Waals surface area contributed by atoms with Gasteiger partial charge >= 0.3 is 0 Å². The van der Waals surface area contributed by atoms with Gasteiger partial charge in [0.15, 0.2) is 0 Å². The quantitative estimate of drug-likeness (QED) is 0.848. The van der Waals surface area contributed by atoms with Gasteiger partial charge in [0.1, 0.15) is 0 Å². The van der Waals surface area contributed by atoms with Gasteiger partial charge in [-0.25, -0.2) is 13.6 Å². The Labute approximate surface area is 138 Å². The van der Waals surface area contributed by atoms with Crippen molar-refractivity contribution in [3.8, 4) is 0 Å². The fourth-order valence-corrected chi connectivity index (χ4v) is 2.94. The van der Waals surface area contributed by atoms with Crippen molar-refractivity contribution in [1.29, 1.82) is 0 Å². The number of carbonyl (C=O) groups is 1. The third-order valence-electron chi connectivity index (χ3n) is 3.64. The van der Waals surface area contributed by atoms with Crippen LogP contribution in [0.1, 0.15) is 37.6 Å². The highest BCUT2D eigenvalue weighted by Crippen LogP contribution is 2.31.